The molecule has 0 aliphatic carbocycles. The van der Waals surface area contributed by atoms with Gasteiger partial charge < -0.3 is 10.0 Å². The summed E-state index contributed by atoms with van der Waals surface area (Å²) in [6.45, 7) is 1.62. The molecular formula is C15H20N2O4S2. The molecule has 0 bridgehead atoms. The van der Waals surface area contributed by atoms with Crippen molar-refractivity contribution in [2.75, 3.05) is 36.8 Å². The van der Waals surface area contributed by atoms with Crippen LogP contribution < -0.4 is 4.90 Å². The molecule has 0 spiro atoms. The Labute approximate surface area is 140 Å². The van der Waals surface area contributed by atoms with Gasteiger partial charge in [0.05, 0.1) is 10.6 Å². The van der Waals surface area contributed by atoms with Crippen LogP contribution in [0.25, 0.3) is 0 Å². The molecule has 1 saturated heterocycles. The standard InChI is InChI=1S/C15H20N2O4S2/c18-15(19)11-16-8-9-22-14-5-4-12(10-13(14)16)23(20,21)17-6-2-1-3-7-17/h4-5,10H,1-3,6-9,11H2,(H,18,19). The highest BCUT2D eigenvalue weighted by molar-refractivity contribution is 7.99. The predicted molar refractivity (Wildman–Crippen MR) is 89.6 cm³/mol. The lowest BCUT2D eigenvalue weighted by Gasteiger charge is -2.31. The fraction of sp³-hybridized carbons (Fsp3) is 0.533. The molecule has 0 radical (unpaired) electrons. The third-order valence-corrected chi connectivity index (χ3v) is 7.11. The highest BCUT2D eigenvalue weighted by atomic mass is 32.2. The first-order valence-electron chi connectivity index (χ1n) is 7.72. The van der Waals surface area contributed by atoms with Crippen LogP contribution in [0.3, 0.4) is 0 Å². The van der Waals surface area contributed by atoms with E-state index in [1.54, 1.807) is 34.9 Å². The van der Waals surface area contributed by atoms with Crippen molar-refractivity contribution in [3.8, 4) is 0 Å². The number of carboxylic acids is 1. The van der Waals surface area contributed by atoms with Crippen LogP contribution >= 0.6 is 11.8 Å². The fourth-order valence-electron chi connectivity index (χ4n) is 2.99. The predicted octanol–water partition coefficient (Wildman–Crippen LogP) is 1.86. The van der Waals surface area contributed by atoms with Crippen molar-refractivity contribution in [1.82, 2.24) is 4.31 Å². The molecule has 23 heavy (non-hydrogen) atoms. The lowest BCUT2D eigenvalue weighted by atomic mass is 10.2. The normalized spacial score (nSPS) is 19.4. The van der Waals surface area contributed by atoms with Gasteiger partial charge in [-0.05, 0) is 31.0 Å². The largest absolute Gasteiger partial charge is 0.480 e. The second-order valence-electron chi connectivity index (χ2n) is 5.76. The zero-order valence-corrected chi connectivity index (χ0v) is 14.4. The van der Waals surface area contributed by atoms with Gasteiger partial charge in [-0.25, -0.2) is 8.42 Å². The molecule has 0 aromatic heterocycles. The van der Waals surface area contributed by atoms with Crippen LogP contribution in [0.1, 0.15) is 19.3 Å². The Morgan fingerprint density at radius 1 is 1.17 bits per heavy atom. The lowest BCUT2D eigenvalue weighted by molar-refractivity contribution is -0.135. The maximum Gasteiger partial charge on any atom is 0.323 e. The van der Waals surface area contributed by atoms with Crippen LogP contribution in [-0.2, 0) is 14.8 Å². The van der Waals surface area contributed by atoms with E-state index >= 15 is 0 Å². The molecule has 1 aromatic rings. The highest BCUT2D eigenvalue weighted by Crippen LogP contribution is 2.37. The molecule has 0 amide bonds. The van der Waals surface area contributed by atoms with Gasteiger partial charge in [-0.3, -0.25) is 4.79 Å². The summed E-state index contributed by atoms with van der Waals surface area (Å²) in [7, 11) is -3.50. The number of anilines is 1. The monoisotopic (exact) mass is 356 g/mol. The molecule has 2 aliphatic heterocycles. The van der Waals surface area contributed by atoms with E-state index in [4.69, 9.17) is 5.11 Å². The van der Waals surface area contributed by atoms with Crippen molar-refractivity contribution in [1.29, 1.82) is 0 Å². The SMILES string of the molecule is O=C(O)CN1CCSc2ccc(S(=O)(=O)N3CCCCC3)cc21. The van der Waals surface area contributed by atoms with Crippen LogP contribution in [0.4, 0.5) is 5.69 Å². The Kier molecular flexibility index (Phi) is 4.84. The van der Waals surface area contributed by atoms with E-state index in [1.807, 2.05) is 0 Å². The summed E-state index contributed by atoms with van der Waals surface area (Å²) < 4.78 is 27.1. The van der Waals surface area contributed by atoms with E-state index in [0.717, 1.165) is 29.9 Å². The van der Waals surface area contributed by atoms with Gasteiger partial charge in [-0.15, -0.1) is 11.8 Å². The van der Waals surface area contributed by atoms with Crippen molar-refractivity contribution < 1.29 is 18.3 Å². The van der Waals surface area contributed by atoms with E-state index in [1.165, 1.54) is 4.31 Å². The van der Waals surface area contributed by atoms with Gasteiger partial charge in [0.25, 0.3) is 0 Å². The molecule has 1 fully saturated rings. The van der Waals surface area contributed by atoms with Crippen molar-refractivity contribution in [3.63, 3.8) is 0 Å². The number of fused-ring (bicyclic) bond motifs is 1. The van der Waals surface area contributed by atoms with Crippen LogP contribution in [0, 0.1) is 0 Å². The van der Waals surface area contributed by atoms with Gasteiger partial charge in [0, 0.05) is 30.3 Å². The number of sulfonamides is 1. The molecule has 6 nitrogen and oxygen atoms in total. The summed E-state index contributed by atoms with van der Waals surface area (Å²) >= 11 is 1.63. The molecule has 2 heterocycles. The van der Waals surface area contributed by atoms with Crippen LogP contribution in [0.2, 0.25) is 0 Å². The first kappa shape index (κ1) is 16.6. The first-order chi connectivity index (χ1) is 11.0. The van der Waals surface area contributed by atoms with Crippen molar-refractivity contribution in [2.24, 2.45) is 0 Å². The van der Waals surface area contributed by atoms with Gasteiger partial charge in [0.2, 0.25) is 10.0 Å². The molecule has 2 aliphatic rings. The van der Waals surface area contributed by atoms with Gasteiger partial charge >= 0.3 is 5.97 Å². The smallest absolute Gasteiger partial charge is 0.323 e. The summed E-state index contributed by atoms with van der Waals surface area (Å²) in [6.07, 6.45) is 2.86. The second kappa shape index (κ2) is 6.70. The van der Waals surface area contributed by atoms with E-state index in [9.17, 15) is 13.2 Å². The Balaban J connectivity index is 1.94. The fourth-order valence-corrected chi connectivity index (χ4v) is 5.56. The Morgan fingerprint density at radius 2 is 1.91 bits per heavy atom. The lowest BCUT2D eigenvalue weighted by Crippen LogP contribution is -2.36. The minimum absolute atomic E-state index is 0.110. The third kappa shape index (κ3) is 3.49. The molecule has 1 aromatic carbocycles. The topological polar surface area (TPSA) is 77.9 Å². The Bertz CT molecular complexity index is 699. The number of hydrogen-bond acceptors (Lipinski definition) is 5. The second-order valence-corrected chi connectivity index (χ2v) is 8.83. The summed E-state index contributed by atoms with van der Waals surface area (Å²) in [5, 5.41) is 9.05. The molecule has 3 rings (SSSR count). The Hall–Kier alpha value is -1.25. The first-order valence-corrected chi connectivity index (χ1v) is 10.1. The quantitative estimate of drug-likeness (QED) is 0.887. The number of aliphatic carboxylic acids is 1. The van der Waals surface area contributed by atoms with Crippen LogP contribution in [-0.4, -0.2) is 55.7 Å². The van der Waals surface area contributed by atoms with Crippen LogP contribution in [0.15, 0.2) is 28.0 Å². The average Bonchev–Trinajstić information content (AvgIpc) is 2.55. The van der Waals surface area contributed by atoms with Gasteiger partial charge in [0.1, 0.15) is 6.54 Å². The number of nitrogens with zero attached hydrogens (tertiary/aromatic N) is 2. The van der Waals surface area contributed by atoms with Crippen LogP contribution in [0.5, 0.6) is 0 Å². The molecule has 1 N–H and O–H groups in total. The van der Waals surface area contributed by atoms with Crippen molar-refractivity contribution >= 4 is 33.4 Å². The van der Waals surface area contributed by atoms with E-state index in [2.05, 4.69) is 0 Å². The number of benzene rings is 1. The van der Waals surface area contributed by atoms with Crippen molar-refractivity contribution in [2.45, 2.75) is 29.1 Å². The summed E-state index contributed by atoms with van der Waals surface area (Å²) in [6, 6.07) is 5.07. The maximum atomic E-state index is 12.8. The molecule has 126 valence electrons. The number of hydrogen-bond donors (Lipinski definition) is 1. The number of piperidine rings is 1. The minimum atomic E-state index is -3.50. The average molecular weight is 356 g/mol. The molecule has 0 unspecified atom stereocenters. The molecule has 0 saturated carbocycles. The maximum absolute atomic E-state index is 12.8. The van der Waals surface area contributed by atoms with Gasteiger partial charge in [-0.1, -0.05) is 6.42 Å². The highest BCUT2D eigenvalue weighted by Gasteiger charge is 2.28. The number of carbonyl (C=O) groups is 1. The van der Waals surface area contributed by atoms with Crippen molar-refractivity contribution in [3.05, 3.63) is 18.2 Å². The number of carboxylic acid groups (broad SMARTS) is 1. The number of thioether (sulfide) groups is 1. The number of rotatable bonds is 4. The van der Waals surface area contributed by atoms with Gasteiger partial charge in [0.15, 0.2) is 0 Å². The zero-order chi connectivity index (χ0) is 16.4. The van der Waals surface area contributed by atoms with Gasteiger partial charge in [-0.2, -0.15) is 4.31 Å². The molecule has 8 heteroatoms. The molecular weight excluding hydrogens is 336 g/mol. The van der Waals surface area contributed by atoms with E-state index in [-0.39, 0.29) is 11.4 Å². The third-order valence-electron chi connectivity index (χ3n) is 4.17. The summed E-state index contributed by atoms with van der Waals surface area (Å²) in [5.41, 5.74) is 0.710. The summed E-state index contributed by atoms with van der Waals surface area (Å²) in [5.74, 6) is -0.106. The summed E-state index contributed by atoms with van der Waals surface area (Å²) in [4.78, 5) is 14.0. The van der Waals surface area contributed by atoms with E-state index < -0.39 is 16.0 Å². The van der Waals surface area contributed by atoms with E-state index in [0.29, 0.717) is 25.3 Å². The zero-order valence-electron chi connectivity index (χ0n) is 12.8. The minimum Gasteiger partial charge on any atom is -0.480 e. The molecule has 0 atom stereocenters. The Morgan fingerprint density at radius 3 is 2.61 bits per heavy atom.